The molecule has 10 amide bonds. The first-order valence-electron chi connectivity index (χ1n) is 29.8. The predicted molar refractivity (Wildman–Crippen MR) is 336 cm³/mol. The number of guanidine groups is 2. The van der Waals surface area contributed by atoms with Gasteiger partial charge in [0.2, 0.25) is 59.1 Å². The van der Waals surface area contributed by atoms with Crippen molar-refractivity contribution in [2.45, 2.75) is 159 Å². The molecule has 94 heavy (non-hydrogen) atoms. The zero-order valence-corrected chi connectivity index (χ0v) is 52.6. The Morgan fingerprint density at radius 1 is 0.479 bits per heavy atom. The van der Waals surface area contributed by atoms with Crippen molar-refractivity contribution in [2.24, 2.45) is 44.6 Å². The average molecular weight is 1320 g/mol. The van der Waals surface area contributed by atoms with E-state index in [4.69, 9.17) is 28.7 Å². The Hall–Kier alpha value is -10.6. The Morgan fingerprint density at radius 2 is 0.830 bits per heavy atom. The number of aliphatic carboxylic acids is 2. The van der Waals surface area contributed by atoms with E-state index in [1.54, 1.807) is 0 Å². The second-order valence-corrected chi connectivity index (χ2v) is 22.4. The van der Waals surface area contributed by atoms with E-state index in [0.717, 1.165) is 13.8 Å². The second-order valence-electron chi connectivity index (χ2n) is 22.4. The number of benzene rings is 2. The van der Waals surface area contributed by atoms with Crippen LogP contribution in [0.3, 0.4) is 0 Å². The summed E-state index contributed by atoms with van der Waals surface area (Å²) in [6.45, 7) is 6.26. The number of aliphatic imine (C=N–C) groups is 2. The summed E-state index contributed by atoms with van der Waals surface area (Å²) >= 11 is 0. The number of H-pyrrole nitrogens is 1. The average Bonchev–Trinajstić information content (AvgIpc) is 1.04. The second kappa shape index (κ2) is 38.9. The number of phenols is 2. The molecule has 0 saturated heterocycles. The molecule has 0 aliphatic rings. The quantitative estimate of drug-likeness (QED) is 0.0143. The van der Waals surface area contributed by atoms with Crippen LogP contribution in [0.15, 0.2) is 71.0 Å². The molecule has 0 aliphatic heterocycles. The number of aromatic nitrogens is 2. The van der Waals surface area contributed by atoms with E-state index in [9.17, 15) is 83.1 Å². The van der Waals surface area contributed by atoms with Crippen LogP contribution in [0.5, 0.6) is 11.5 Å². The highest BCUT2D eigenvalue weighted by atomic mass is 16.4. The van der Waals surface area contributed by atoms with Crippen LogP contribution in [0.4, 0.5) is 0 Å². The minimum atomic E-state index is -1.93. The lowest BCUT2D eigenvalue weighted by Crippen LogP contribution is -2.60. The maximum atomic E-state index is 14.1. The molecule has 3 aromatic rings. The van der Waals surface area contributed by atoms with Gasteiger partial charge in [0.05, 0.1) is 25.4 Å². The van der Waals surface area contributed by atoms with Gasteiger partial charge in [0.25, 0.3) is 0 Å². The van der Waals surface area contributed by atoms with Crippen LogP contribution in [-0.4, -0.2) is 205 Å². The molecular weight excluding hydrogens is 1230 g/mol. The molecule has 0 spiro atoms. The molecule has 0 radical (unpaired) electrons. The standard InChI is InChI=1S/C58H87N19O17/c1-28(2)20-37(59)49(86)76-41(22-33-12-16-36(80)17-13-33)55(92)71-38(8-6-18-65-57(60)61)50(87)68-29(3)47(84)74-42(23-34-25-64-27-67-34)52(89)69-31(5)48(85)75-43(24-45(81)82)53(90)70-30(4)46(83)73-40(21-32-10-14-35(79)15-11-32)54(91)72-39(9-7-19-66-58(62)63)51(88)77-44(26-78)56(93)94/h10-17,25,27-31,37-44,78-80H,6-9,18-24,26,59H2,1-5H3,(H,64,67)(H,68,87)(H,69,89)(H,70,90)(H,71,92)(H,72,91)(H,73,83)(H,74,84)(H,75,85)(H,76,86)(H,77,88)(H,81,82)(H,93,94)(H4,60,61,65)(H4,62,63,66)/t29-,30-,31-,37-,38-,39-,40-,41-,42-,43-,44-/m0/s1. The lowest BCUT2D eigenvalue weighted by molar-refractivity contribution is -0.143. The van der Waals surface area contributed by atoms with Crippen molar-refractivity contribution in [3.63, 3.8) is 0 Å². The number of imidazole rings is 1. The Bertz CT molecular complexity index is 3120. The summed E-state index contributed by atoms with van der Waals surface area (Å²) in [6.07, 6.45) is 1.02. The molecule has 36 nitrogen and oxygen atoms in total. The number of carboxylic acids is 2. The van der Waals surface area contributed by atoms with Gasteiger partial charge in [0.15, 0.2) is 11.9 Å². The highest BCUT2D eigenvalue weighted by molar-refractivity contribution is 5.99. The van der Waals surface area contributed by atoms with Crippen LogP contribution in [-0.2, 0) is 76.8 Å². The van der Waals surface area contributed by atoms with Gasteiger partial charge in [-0.3, -0.25) is 62.7 Å². The molecule has 1 aromatic heterocycles. The van der Waals surface area contributed by atoms with Crippen LogP contribution in [0, 0.1) is 5.92 Å². The number of nitrogens with zero attached hydrogens (tertiary/aromatic N) is 3. The molecule has 0 unspecified atom stereocenters. The Kier molecular flexibility index (Phi) is 32.1. The molecule has 516 valence electrons. The fraction of sp³-hybridized carbons (Fsp3) is 0.500. The topological polar surface area (TPSA) is 610 Å². The Morgan fingerprint density at radius 3 is 1.20 bits per heavy atom. The molecule has 0 bridgehead atoms. The number of aromatic hydroxyl groups is 2. The highest BCUT2D eigenvalue weighted by Gasteiger charge is 2.35. The number of nitrogens with two attached hydrogens (primary N) is 5. The lowest BCUT2D eigenvalue weighted by atomic mass is 10.0. The first-order valence-corrected chi connectivity index (χ1v) is 29.8. The van der Waals surface area contributed by atoms with E-state index < -0.39 is 150 Å². The van der Waals surface area contributed by atoms with Crippen molar-refractivity contribution in [2.75, 3.05) is 19.7 Å². The molecule has 26 N–H and O–H groups in total. The van der Waals surface area contributed by atoms with Crippen LogP contribution in [0.25, 0.3) is 0 Å². The summed E-state index contributed by atoms with van der Waals surface area (Å²) in [5, 5.41) is 72.7. The molecule has 36 heteroatoms. The van der Waals surface area contributed by atoms with E-state index in [-0.39, 0.29) is 93.8 Å². The maximum Gasteiger partial charge on any atom is 0.328 e. The van der Waals surface area contributed by atoms with Gasteiger partial charge >= 0.3 is 11.9 Å². The number of amides is 10. The zero-order valence-electron chi connectivity index (χ0n) is 52.6. The molecule has 3 rings (SSSR count). The summed E-state index contributed by atoms with van der Waals surface area (Å²) < 4.78 is 0. The summed E-state index contributed by atoms with van der Waals surface area (Å²) in [6, 6.07) is -5.38. The normalized spacial score (nSPS) is 14.5. The Balaban J connectivity index is 1.81. The third kappa shape index (κ3) is 28.3. The molecule has 0 aliphatic carbocycles. The van der Waals surface area contributed by atoms with Gasteiger partial charge in [0.1, 0.15) is 71.9 Å². The molecular formula is C58H87N19O17. The SMILES string of the molecule is CC(C)C[C@H](N)C(=O)N[C@@H](Cc1ccc(O)cc1)C(=O)N[C@@H](CCCN=C(N)N)C(=O)N[C@@H](C)C(=O)N[C@@H](Cc1cnc[nH]1)C(=O)N[C@@H](C)C(=O)N[C@@H](CC(=O)O)C(=O)N[C@@H](C)C(=O)N[C@@H](Cc1ccc(O)cc1)C(=O)N[C@@H](CCCN=C(N)N)C(=O)N[C@@H](CO)C(=O)O. The number of aliphatic hydroxyl groups excluding tert-OH is 1. The number of carboxylic acid groups (broad SMARTS) is 2. The third-order valence-electron chi connectivity index (χ3n) is 13.9. The van der Waals surface area contributed by atoms with Gasteiger partial charge in [-0.2, -0.15) is 0 Å². The molecule has 0 fully saturated rings. The van der Waals surface area contributed by atoms with Gasteiger partial charge in [0, 0.05) is 44.2 Å². The smallest absolute Gasteiger partial charge is 0.328 e. The third-order valence-corrected chi connectivity index (χ3v) is 13.9. The number of carbonyl (C=O) groups excluding carboxylic acids is 10. The van der Waals surface area contributed by atoms with Crippen molar-refractivity contribution in [3.05, 3.63) is 77.9 Å². The lowest BCUT2D eigenvalue weighted by Gasteiger charge is -2.26. The van der Waals surface area contributed by atoms with E-state index in [1.807, 2.05) is 13.8 Å². The summed E-state index contributed by atoms with van der Waals surface area (Å²) in [5.41, 5.74) is 29.1. The van der Waals surface area contributed by atoms with Crippen molar-refractivity contribution in [3.8, 4) is 11.5 Å². The number of hydrogen-bond donors (Lipinski definition) is 21. The van der Waals surface area contributed by atoms with E-state index in [1.165, 1.54) is 68.0 Å². The van der Waals surface area contributed by atoms with Crippen molar-refractivity contribution < 1.29 is 83.1 Å². The number of carbonyl (C=O) groups is 12. The van der Waals surface area contributed by atoms with E-state index >= 15 is 0 Å². The van der Waals surface area contributed by atoms with Gasteiger partial charge in [-0.25, -0.2) is 9.78 Å². The van der Waals surface area contributed by atoms with Crippen molar-refractivity contribution >= 4 is 82.9 Å². The monoisotopic (exact) mass is 1320 g/mol. The molecule has 0 saturated carbocycles. The Labute approximate surface area is 540 Å². The first kappa shape index (κ1) is 77.6. The van der Waals surface area contributed by atoms with E-state index in [2.05, 4.69) is 73.1 Å². The number of rotatable bonds is 40. The molecule has 1 heterocycles. The number of phenolic OH excluding ortho intramolecular Hbond substituents is 2. The number of aromatic amines is 1. The largest absolute Gasteiger partial charge is 0.508 e. The zero-order chi connectivity index (χ0) is 70.4. The minimum Gasteiger partial charge on any atom is -0.508 e. The minimum absolute atomic E-state index is 0.0186. The number of nitrogens with one attached hydrogen (secondary N) is 11. The van der Waals surface area contributed by atoms with Crippen LogP contribution >= 0.6 is 0 Å². The molecule has 11 atom stereocenters. The maximum absolute atomic E-state index is 14.1. The van der Waals surface area contributed by atoms with Gasteiger partial charge in [-0.1, -0.05) is 38.1 Å². The van der Waals surface area contributed by atoms with Gasteiger partial charge in [-0.05, 0) is 94.2 Å². The predicted octanol–water partition coefficient (Wildman–Crippen LogP) is -6.21. The number of hydrogen-bond acceptors (Lipinski definition) is 19. The van der Waals surface area contributed by atoms with Gasteiger partial charge in [-0.15, -0.1) is 0 Å². The summed E-state index contributed by atoms with van der Waals surface area (Å²) in [4.78, 5) is 176. The fourth-order valence-electron chi connectivity index (χ4n) is 8.83. The fourth-order valence-corrected chi connectivity index (χ4v) is 8.83. The highest BCUT2D eigenvalue weighted by Crippen LogP contribution is 2.15. The van der Waals surface area contributed by atoms with Crippen LogP contribution in [0.1, 0.15) is 90.0 Å². The van der Waals surface area contributed by atoms with Crippen molar-refractivity contribution in [1.29, 1.82) is 0 Å². The van der Waals surface area contributed by atoms with Crippen LogP contribution in [0.2, 0.25) is 0 Å². The number of aliphatic hydroxyl groups is 1. The van der Waals surface area contributed by atoms with Crippen LogP contribution < -0.4 is 81.8 Å². The molecule has 2 aromatic carbocycles. The van der Waals surface area contributed by atoms with Crippen molar-refractivity contribution in [1.82, 2.24) is 63.1 Å². The summed E-state index contributed by atoms with van der Waals surface area (Å²) in [7, 11) is 0. The van der Waals surface area contributed by atoms with E-state index in [0.29, 0.717) is 16.8 Å². The summed E-state index contributed by atoms with van der Waals surface area (Å²) in [5.74, 6) is -13.7. The van der Waals surface area contributed by atoms with Gasteiger partial charge < -0.3 is 112 Å². The first-order chi connectivity index (χ1) is 44.3.